The first kappa shape index (κ1) is 15.0. The van der Waals surface area contributed by atoms with Crippen molar-refractivity contribution in [3.63, 3.8) is 0 Å². The Morgan fingerprint density at radius 3 is 2.52 bits per heavy atom. The van der Waals surface area contributed by atoms with Crippen molar-refractivity contribution in [1.82, 2.24) is 0 Å². The van der Waals surface area contributed by atoms with Crippen LogP contribution < -0.4 is 0 Å². The van der Waals surface area contributed by atoms with Gasteiger partial charge < -0.3 is 24.8 Å². The zero-order valence-corrected chi connectivity index (χ0v) is 12.7. The van der Waals surface area contributed by atoms with Crippen molar-refractivity contribution in [3.8, 4) is 0 Å². The number of hydrogen-bond acceptors (Lipinski definition) is 8. The molecule has 0 aromatic rings. The molecule has 0 aromatic carbocycles. The summed E-state index contributed by atoms with van der Waals surface area (Å²) in [6.45, 7) is 2.67. The van der Waals surface area contributed by atoms with Crippen molar-refractivity contribution in [2.24, 2.45) is 16.7 Å². The van der Waals surface area contributed by atoms with Crippen molar-refractivity contribution in [2.45, 2.75) is 50.1 Å². The predicted octanol–water partition coefficient (Wildman–Crippen LogP) is -1.70. The molecule has 0 unspecified atom stereocenters. The van der Waals surface area contributed by atoms with E-state index in [1.807, 2.05) is 0 Å². The van der Waals surface area contributed by atoms with Crippen LogP contribution in [0.15, 0.2) is 0 Å². The first-order valence-electron chi connectivity index (χ1n) is 7.59. The molecule has 8 nitrogen and oxygen atoms in total. The third-order valence-corrected chi connectivity index (χ3v) is 6.97. The van der Waals surface area contributed by atoms with Crippen LogP contribution >= 0.6 is 0 Å². The lowest BCUT2D eigenvalue weighted by atomic mass is 9.44. The molecule has 4 fully saturated rings. The van der Waals surface area contributed by atoms with Gasteiger partial charge in [-0.1, -0.05) is 6.92 Å². The molecule has 1 spiro atoms. The highest BCUT2D eigenvalue weighted by molar-refractivity contribution is 5.93. The molecule has 4 rings (SSSR count). The molecule has 4 aliphatic rings. The molecule has 2 aliphatic carbocycles. The molecule has 23 heavy (non-hydrogen) atoms. The highest BCUT2D eigenvalue weighted by Crippen LogP contribution is 2.70. The van der Waals surface area contributed by atoms with E-state index in [4.69, 9.17) is 9.47 Å². The average molecular weight is 326 g/mol. The number of carbonyl (C=O) groups is 3. The normalized spacial score (nSPS) is 57.6. The van der Waals surface area contributed by atoms with Gasteiger partial charge in [-0.05, 0) is 6.92 Å². The topological polar surface area (TPSA) is 130 Å². The lowest BCUT2D eigenvalue weighted by Gasteiger charge is -2.63. The number of aliphatic hydroxyl groups excluding tert-OH is 1. The summed E-state index contributed by atoms with van der Waals surface area (Å²) in [6, 6.07) is 0. The van der Waals surface area contributed by atoms with E-state index < -0.39 is 52.1 Å². The van der Waals surface area contributed by atoms with E-state index in [2.05, 4.69) is 0 Å². The monoisotopic (exact) mass is 326 g/mol. The molecule has 7 atom stereocenters. The average Bonchev–Trinajstić information content (AvgIpc) is 2.85. The summed E-state index contributed by atoms with van der Waals surface area (Å²) in [5.41, 5.74) is -7.26. The Kier molecular flexibility index (Phi) is 2.46. The number of cyclic esters (lactones) is 1. The number of hydrogen-bond donors (Lipinski definition) is 3. The van der Waals surface area contributed by atoms with Gasteiger partial charge in [0.05, 0.1) is 16.4 Å². The number of ketones is 1. The van der Waals surface area contributed by atoms with Gasteiger partial charge in [0.1, 0.15) is 18.5 Å². The summed E-state index contributed by atoms with van der Waals surface area (Å²) >= 11 is 0. The Balaban J connectivity index is 2.04. The minimum Gasteiger partial charge on any atom is -0.463 e. The van der Waals surface area contributed by atoms with E-state index in [0.29, 0.717) is 0 Å². The maximum absolute atomic E-state index is 12.4. The summed E-state index contributed by atoms with van der Waals surface area (Å²) in [7, 11) is 0. The van der Waals surface area contributed by atoms with Crippen LogP contribution in [0.5, 0.6) is 0 Å². The fourth-order valence-corrected chi connectivity index (χ4v) is 5.42. The lowest BCUT2D eigenvalue weighted by molar-refractivity contribution is -0.320. The summed E-state index contributed by atoms with van der Waals surface area (Å²) in [6.07, 6.45) is -3.51. The van der Waals surface area contributed by atoms with Gasteiger partial charge in [0.25, 0.3) is 0 Å². The van der Waals surface area contributed by atoms with E-state index in [1.54, 1.807) is 6.92 Å². The van der Waals surface area contributed by atoms with Crippen molar-refractivity contribution < 1.29 is 39.2 Å². The Labute approximate surface area is 131 Å². The fourth-order valence-electron chi connectivity index (χ4n) is 5.42. The van der Waals surface area contributed by atoms with Crippen LogP contribution in [0, 0.1) is 16.7 Å². The van der Waals surface area contributed by atoms with E-state index >= 15 is 0 Å². The molecule has 2 bridgehead atoms. The minimum atomic E-state index is -2.24. The van der Waals surface area contributed by atoms with E-state index in [0.717, 1.165) is 0 Å². The number of carbonyl (C=O) groups excluding carboxylic acids is 3. The number of fused-ring (bicyclic) bond motifs is 4. The summed E-state index contributed by atoms with van der Waals surface area (Å²) in [5, 5.41) is 33.0. The second-order valence-electron chi connectivity index (χ2n) is 7.47. The van der Waals surface area contributed by atoms with E-state index in [9.17, 15) is 29.7 Å². The second kappa shape index (κ2) is 3.76. The Morgan fingerprint density at radius 2 is 1.87 bits per heavy atom. The molecule has 0 amide bonds. The van der Waals surface area contributed by atoms with Crippen LogP contribution in [0.2, 0.25) is 0 Å². The first-order chi connectivity index (χ1) is 10.6. The van der Waals surface area contributed by atoms with E-state index in [1.165, 1.54) is 6.92 Å². The molecule has 8 heteroatoms. The van der Waals surface area contributed by atoms with Crippen molar-refractivity contribution in [2.75, 3.05) is 6.61 Å². The Hall–Kier alpha value is -1.51. The van der Waals surface area contributed by atoms with Gasteiger partial charge in [-0.15, -0.1) is 0 Å². The first-order valence-corrected chi connectivity index (χ1v) is 7.59. The van der Waals surface area contributed by atoms with Crippen molar-refractivity contribution in [3.05, 3.63) is 0 Å². The van der Waals surface area contributed by atoms with Crippen LogP contribution in [0.4, 0.5) is 0 Å². The molecular weight excluding hydrogens is 308 g/mol. The highest BCUT2D eigenvalue weighted by Gasteiger charge is 2.87. The minimum absolute atomic E-state index is 0.176. The largest absolute Gasteiger partial charge is 0.463 e. The van der Waals surface area contributed by atoms with Gasteiger partial charge in [-0.25, -0.2) is 9.59 Å². The van der Waals surface area contributed by atoms with Crippen LogP contribution in [-0.4, -0.2) is 63.1 Å². The molecule has 2 heterocycles. The molecule has 2 saturated carbocycles. The van der Waals surface area contributed by atoms with Gasteiger partial charge in [0, 0.05) is 18.8 Å². The number of Topliss-reactive ketones (excluding diaryl/α,β-unsaturated/α-hetero) is 1. The number of esters is 2. The third-order valence-electron chi connectivity index (χ3n) is 6.97. The zero-order chi connectivity index (χ0) is 17.0. The highest BCUT2D eigenvalue weighted by atomic mass is 16.6. The quantitative estimate of drug-likeness (QED) is 0.449. The number of rotatable bonds is 0. The lowest BCUT2D eigenvalue weighted by Crippen LogP contribution is -2.80. The molecule has 0 radical (unpaired) electrons. The van der Waals surface area contributed by atoms with Crippen LogP contribution in [0.1, 0.15) is 26.7 Å². The molecule has 3 N–H and O–H groups in total. The maximum atomic E-state index is 12.4. The summed E-state index contributed by atoms with van der Waals surface area (Å²) in [4.78, 5) is 36.7. The number of ether oxygens (including phenoxy) is 2. The Bertz CT molecular complexity index is 660. The fraction of sp³-hybridized carbons (Fsp3) is 0.800. The van der Waals surface area contributed by atoms with E-state index in [-0.39, 0.29) is 25.2 Å². The van der Waals surface area contributed by atoms with Crippen LogP contribution in [-0.2, 0) is 23.9 Å². The maximum Gasteiger partial charge on any atom is 0.342 e. The third kappa shape index (κ3) is 1.17. The molecule has 2 aliphatic heterocycles. The summed E-state index contributed by atoms with van der Waals surface area (Å²) < 4.78 is 10.1. The zero-order valence-electron chi connectivity index (χ0n) is 12.7. The molecule has 0 aromatic heterocycles. The molecule has 2 saturated heterocycles. The van der Waals surface area contributed by atoms with Crippen molar-refractivity contribution in [1.29, 1.82) is 0 Å². The Morgan fingerprint density at radius 1 is 1.22 bits per heavy atom. The standard InChI is InChI=1S/C15H18O8/c1-6-7(16)3-14(20)12(2)5-22-11(19)15(12,21)8-4-13(6,14)9(17)10(18)23-8/h6,8-9,17,20-21H,3-5H2,1-2H3/t6-,8-,9+,12+,13+,14+,15-/m0/s1. The van der Waals surface area contributed by atoms with Gasteiger partial charge in [-0.2, -0.15) is 0 Å². The van der Waals surface area contributed by atoms with Gasteiger partial charge in [0.2, 0.25) is 5.60 Å². The molecule has 126 valence electrons. The SMILES string of the molecule is C[C@H]1C(=O)C[C@]2(O)[C@]13C[C@H](OC(=O)[C@H]3O)[C@]1(O)C(=O)OC[C@]21C. The predicted molar refractivity (Wildman–Crippen MR) is 70.7 cm³/mol. The van der Waals surface area contributed by atoms with Crippen LogP contribution in [0.3, 0.4) is 0 Å². The van der Waals surface area contributed by atoms with Crippen molar-refractivity contribution >= 4 is 17.7 Å². The van der Waals surface area contributed by atoms with Crippen LogP contribution in [0.25, 0.3) is 0 Å². The smallest absolute Gasteiger partial charge is 0.342 e. The van der Waals surface area contributed by atoms with Gasteiger partial charge in [-0.3, -0.25) is 4.79 Å². The summed E-state index contributed by atoms with van der Waals surface area (Å²) in [5.74, 6) is -3.17. The number of aliphatic hydroxyl groups is 3. The van der Waals surface area contributed by atoms with Gasteiger partial charge in [0.15, 0.2) is 6.10 Å². The van der Waals surface area contributed by atoms with Gasteiger partial charge >= 0.3 is 11.9 Å². The second-order valence-corrected chi connectivity index (χ2v) is 7.47. The molecular formula is C15H18O8.